The Bertz CT molecular complexity index is 510. The molecule has 0 aliphatic rings. The maximum Gasteiger partial charge on any atom is 0.237 e. The molecule has 1 aromatic carbocycles. The molecule has 0 aliphatic carbocycles. The molecule has 0 amide bonds. The van der Waals surface area contributed by atoms with Gasteiger partial charge in [-0.05, 0) is 23.7 Å². The minimum Gasteiger partial charge on any atom is -0.343 e. The number of rotatable bonds is 2. The monoisotopic (exact) mass is 225 g/mol. The number of aldehydes is 1. The SMILES string of the molecule is O=Cc1c(-c2ccccc2F)noc1Cl. The molecule has 15 heavy (non-hydrogen) atoms. The van der Waals surface area contributed by atoms with Gasteiger partial charge in [-0.3, -0.25) is 4.79 Å². The Morgan fingerprint density at radius 1 is 1.40 bits per heavy atom. The van der Waals surface area contributed by atoms with Crippen molar-refractivity contribution in [3.05, 3.63) is 40.9 Å². The standard InChI is InChI=1S/C10H5ClFNO2/c11-10-7(5-14)9(13-15-10)6-3-1-2-4-8(6)12/h1-5H. The molecule has 2 aromatic rings. The minimum atomic E-state index is -0.481. The van der Waals surface area contributed by atoms with Gasteiger partial charge in [-0.15, -0.1) is 0 Å². The molecule has 0 atom stereocenters. The maximum absolute atomic E-state index is 13.4. The van der Waals surface area contributed by atoms with E-state index in [4.69, 9.17) is 11.6 Å². The summed E-state index contributed by atoms with van der Waals surface area (Å²) in [5.41, 5.74) is 0.366. The second-order valence-corrected chi connectivity index (χ2v) is 3.16. The van der Waals surface area contributed by atoms with Gasteiger partial charge in [-0.2, -0.15) is 0 Å². The maximum atomic E-state index is 13.4. The van der Waals surface area contributed by atoms with E-state index >= 15 is 0 Å². The van der Waals surface area contributed by atoms with Crippen molar-refractivity contribution in [2.24, 2.45) is 0 Å². The highest BCUT2D eigenvalue weighted by Gasteiger charge is 2.17. The first-order valence-corrected chi connectivity index (χ1v) is 4.47. The highest BCUT2D eigenvalue weighted by atomic mass is 35.5. The van der Waals surface area contributed by atoms with Crippen LogP contribution in [0.3, 0.4) is 0 Å². The smallest absolute Gasteiger partial charge is 0.237 e. The summed E-state index contributed by atoms with van der Waals surface area (Å²) >= 11 is 5.56. The van der Waals surface area contributed by atoms with Crippen molar-refractivity contribution in [1.82, 2.24) is 5.16 Å². The Hall–Kier alpha value is -1.68. The lowest BCUT2D eigenvalue weighted by Gasteiger charge is -1.97. The number of nitrogens with zero attached hydrogens (tertiary/aromatic N) is 1. The van der Waals surface area contributed by atoms with E-state index in [1.54, 1.807) is 12.1 Å². The van der Waals surface area contributed by atoms with E-state index in [2.05, 4.69) is 9.68 Å². The van der Waals surface area contributed by atoms with Crippen LogP contribution in [-0.4, -0.2) is 11.4 Å². The van der Waals surface area contributed by atoms with Crippen LogP contribution in [0, 0.1) is 5.82 Å². The number of carbonyl (C=O) groups is 1. The molecule has 3 nitrogen and oxygen atoms in total. The van der Waals surface area contributed by atoms with Crippen molar-refractivity contribution in [3.63, 3.8) is 0 Å². The van der Waals surface area contributed by atoms with E-state index in [1.807, 2.05) is 0 Å². The molecule has 0 N–H and O–H groups in total. The fourth-order valence-corrected chi connectivity index (χ4v) is 1.40. The van der Waals surface area contributed by atoms with Gasteiger partial charge in [0.25, 0.3) is 0 Å². The lowest BCUT2D eigenvalue weighted by molar-refractivity contribution is 0.112. The number of benzene rings is 1. The van der Waals surface area contributed by atoms with Crippen LogP contribution in [0.25, 0.3) is 11.3 Å². The van der Waals surface area contributed by atoms with Gasteiger partial charge in [0.15, 0.2) is 6.29 Å². The minimum absolute atomic E-state index is 0.0572. The van der Waals surface area contributed by atoms with Gasteiger partial charge >= 0.3 is 0 Å². The molecule has 0 fully saturated rings. The molecule has 0 saturated heterocycles. The summed E-state index contributed by atoms with van der Waals surface area (Å²) in [5, 5.41) is 3.40. The fourth-order valence-electron chi connectivity index (χ4n) is 1.23. The summed E-state index contributed by atoms with van der Waals surface area (Å²) in [5.74, 6) is -0.481. The zero-order chi connectivity index (χ0) is 10.8. The van der Waals surface area contributed by atoms with Crippen LogP contribution in [0.2, 0.25) is 5.22 Å². The molecule has 0 aliphatic heterocycles. The largest absolute Gasteiger partial charge is 0.343 e. The van der Waals surface area contributed by atoms with E-state index in [1.165, 1.54) is 12.1 Å². The summed E-state index contributed by atoms with van der Waals surface area (Å²) in [6, 6.07) is 5.94. The van der Waals surface area contributed by atoms with Crippen molar-refractivity contribution in [2.75, 3.05) is 0 Å². The summed E-state index contributed by atoms with van der Waals surface area (Å²) in [6.07, 6.45) is 0.487. The van der Waals surface area contributed by atoms with E-state index in [0.29, 0.717) is 6.29 Å². The van der Waals surface area contributed by atoms with Crippen LogP contribution >= 0.6 is 11.6 Å². The fraction of sp³-hybridized carbons (Fsp3) is 0. The molecule has 0 bridgehead atoms. The zero-order valence-electron chi connectivity index (χ0n) is 7.41. The van der Waals surface area contributed by atoms with Crippen LogP contribution in [0.1, 0.15) is 10.4 Å². The van der Waals surface area contributed by atoms with Crippen molar-refractivity contribution in [3.8, 4) is 11.3 Å². The lowest BCUT2D eigenvalue weighted by Crippen LogP contribution is -1.88. The molecular weight excluding hydrogens is 221 g/mol. The van der Waals surface area contributed by atoms with Gasteiger partial charge in [0.05, 0.1) is 0 Å². The third-order valence-electron chi connectivity index (χ3n) is 1.93. The van der Waals surface area contributed by atoms with Gasteiger partial charge in [-0.25, -0.2) is 4.39 Å². The normalized spacial score (nSPS) is 10.3. The lowest BCUT2D eigenvalue weighted by atomic mass is 10.1. The number of hydrogen-bond acceptors (Lipinski definition) is 3. The predicted octanol–water partition coefficient (Wildman–Crippen LogP) is 2.95. The van der Waals surface area contributed by atoms with Crippen molar-refractivity contribution < 1.29 is 13.7 Å². The van der Waals surface area contributed by atoms with Crippen molar-refractivity contribution in [1.29, 1.82) is 0 Å². The van der Waals surface area contributed by atoms with E-state index < -0.39 is 5.82 Å². The quantitative estimate of drug-likeness (QED) is 0.738. The molecule has 2 rings (SSSR count). The van der Waals surface area contributed by atoms with Crippen molar-refractivity contribution >= 4 is 17.9 Å². The molecule has 0 spiro atoms. The summed E-state index contributed by atoms with van der Waals surface area (Å²) in [4.78, 5) is 10.7. The van der Waals surface area contributed by atoms with Crippen molar-refractivity contribution in [2.45, 2.75) is 0 Å². The third kappa shape index (κ3) is 1.64. The van der Waals surface area contributed by atoms with E-state index in [0.717, 1.165) is 0 Å². The first kappa shape index (κ1) is 9.86. The number of hydrogen-bond donors (Lipinski definition) is 0. The van der Waals surface area contributed by atoms with Gasteiger partial charge in [-0.1, -0.05) is 17.3 Å². The van der Waals surface area contributed by atoms with Gasteiger partial charge in [0.1, 0.15) is 17.1 Å². The number of halogens is 2. The molecule has 0 radical (unpaired) electrons. The topological polar surface area (TPSA) is 43.1 Å². The molecule has 0 unspecified atom stereocenters. The molecule has 5 heteroatoms. The van der Waals surface area contributed by atoms with Gasteiger partial charge in [0, 0.05) is 5.56 Å². The number of aromatic nitrogens is 1. The Labute approximate surface area is 89.4 Å². The molecule has 1 aromatic heterocycles. The van der Waals surface area contributed by atoms with Gasteiger partial charge in [0.2, 0.25) is 5.22 Å². The average molecular weight is 226 g/mol. The first-order chi connectivity index (χ1) is 7.24. The summed E-state index contributed by atoms with van der Waals surface area (Å²) in [7, 11) is 0. The molecule has 76 valence electrons. The van der Waals surface area contributed by atoms with Gasteiger partial charge < -0.3 is 4.52 Å². The molecule has 1 heterocycles. The van der Waals surface area contributed by atoms with Crippen LogP contribution in [-0.2, 0) is 0 Å². The van der Waals surface area contributed by atoms with Crippen LogP contribution in [0.5, 0.6) is 0 Å². The predicted molar refractivity (Wildman–Crippen MR) is 52.3 cm³/mol. The Balaban J connectivity index is 2.64. The Kier molecular flexibility index (Phi) is 2.51. The van der Waals surface area contributed by atoms with Crippen LogP contribution < -0.4 is 0 Å². The molecule has 0 saturated carbocycles. The van der Waals surface area contributed by atoms with E-state index in [-0.39, 0.29) is 22.0 Å². The Morgan fingerprint density at radius 3 is 2.80 bits per heavy atom. The van der Waals surface area contributed by atoms with Crippen LogP contribution in [0.4, 0.5) is 4.39 Å². The molecular formula is C10H5ClFNO2. The first-order valence-electron chi connectivity index (χ1n) is 4.09. The number of carbonyl (C=O) groups excluding carboxylic acids is 1. The average Bonchev–Trinajstić information content (AvgIpc) is 2.60. The third-order valence-corrected chi connectivity index (χ3v) is 2.20. The highest BCUT2D eigenvalue weighted by Crippen LogP contribution is 2.28. The van der Waals surface area contributed by atoms with Crippen LogP contribution in [0.15, 0.2) is 28.8 Å². The summed E-state index contributed by atoms with van der Waals surface area (Å²) in [6.45, 7) is 0. The second kappa shape index (κ2) is 3.82. The van der Waals surface area contributed by atoms with E-state index in [9.17, 15) is 9.18 Å². The Morgan fingerprint density at radius 2 is 2.13 bits per heavy atom. The zero-order valence-corrected chi connectivity index (χ0v) is 8.16. The summed E-state index contributed by atoms with van der Waals surface area (Å²) < 4.78 is 18.0. The second-order valence-electron chi connectivity index (χ2n) is 2.82. The highest BCUT2D eigenvalue weighted by molar-refractivity contribution is 6.31.